The van der Waals surface area contributed by atoms with Crippen molar-refractivity contribution in [3.8, 4) is 34.2 Å². The van der Waals surface area contributed by atoms with Gasteiger partial charge in [0.1, 0.15) is 22.3 Å². The molecule has 0 radical (unpaired) electrons. The molecule has 0 unspecified atom stereocenters. The molecule has 0 aliphatic rings. The van der Waals surface area contributed by atoms with E-state index in [1.807, 2.05) is 60.7 Å². The van der Waals surface area contributed by atoms with E-state index in [0.29, 0.717) is 17.5 Å². The quantitative estimate of drug-likeness (QED) is 0.192. The zero-order chi connectivity index (χ0) is 30.2. The maximum absolute atomic E-state index is 6.25. The molecule has 0 saturated carbocycles. The normalized spacial score (nSPS) is 11.9. The second kappa shape index (κ2) is 9.58. The first-order chi connectivity index (χ1) is 22.8. The van der Waals surface area contributed by atoms with Crippen LogP contribution in [0.15, 0.2) is 148 Å². The van der Waals surface area contributed by atoms with Gasteiger partial charge in [-0.2, -0.15) is 0 Å². The Balaban J connectivity index is 1.29. The number of nitrogens with zero attached hydrogens (tertiary/aromatic N) is 3. The summed E-state index contributed by atoms with van der Waals surface area (Å²) in [7, 11) is 0. The van der Waals surface area contributed by atoms with Crippen LogP contribution >= 0.6 is 0 Å². The SMILES string of the molecule is c1ccc2c(c1)ccc1ccc(-c3nc(-c4cccc5oc6ccccc6c45)nc(-c4cccc5oc6ccccc6c45)n3)cc12. The predicted octanol–water partition coefficient (Wildman–Crippen LogP) is 11.0. The molecule has 46 heavy (non-hydrogen) atoms. The fraction of sp³-hybridized carbons (Fsp3) is 0. The third-order valence-electron chi connectivity index (χ3n) is 8.93. The van der Waals surface area contributed by atoms with Gasteiger partial charge in [-0.1, -0.05) is 109 Å². The van der Waals surface area contributed by atoms with Crippen LogP contribution in [0.25, 0.3) is 99.6 Å². The van der Waals surface area contributed by atoms with Crippen molar-refractivity contribution in [2.45, 2.75) is 0 Å². The summed E-state index contributed by atoms with van der Waals surface area (Å²) in [6, 6.07) is 47.6. The van der Waals surface area contributed by atoms with Crippen LogP contribution in [-0.2, 0) is 0 Å². The van der Waals surface area contributed by atoms with Crippen molar-refractivity contribution in [2.75, 3.05) is 0 Å². The molecule has 10 rings (SSSR count). The topological polar surface area (TPSA) is 65.0 Å². The molecule has 7 aromatic carbocycles. The van der Waals surface area contributed by atoms with Crippen LogP contribution in [0, 0.1) is 0 Å². The first-order valence-corrected chi connectivity index (χ1v) is 15.3. The summed E-state index contributed by atoms with van der Waals surface area (Å²) < 4.78 is 12.5. The molecule has 0 atom stereocenters. The third kappa shape index (κ3) is 3.72. The highest BCUT2D eigenvalue weighted by Gasteiger charge is 2.20. The minimum atomic E-state index is 0.583. The number of furan rings is 2. The molecule has 0 fully saturated rings. The smallest absolute Gasteiger partial charge is 0.164 e. The predicted molar refractivity (Wildman–Crippen MR) is 186 cm³/mol. The van der Waals surface area contributed by atoms with Crippen molar-refractivity contribution in [3.63, 3.8) is 0 Å². The van der Waals surface area contributed by atoms with Crippen LogP contribution in [0.1, 0.15) is 0 Å². The molecule has 0 saturated heterocycles. The van der Waals surface area contributed by atoms with Gasteiger partial charge in [-0.05, 0) is 51.9 Å². The average molecular weight is 590 g/mol. The van der Waals surface area contributed by atoms with Gasteiger partial charge >= 0.3 is 0 Å². The van der Waals surface area contributed by atoms with E-state index in [4.69, 9.17) is 23.8 Å². The van der Waals surface area contributed by atoms with E-state index < -0.39 is 0 Å². The second-order valence-electron chi connectivity index (χ2n) is 11.6. The summed E-state index contributed by atoms with van der Waals surface area (Å²) in [5.74, 6) is 1.77. The van der Waals surface area contributed by atoms with E-state index in [1.54, 1.807) is 0 Å². The number of hydrogen-bond acceptors (Lipinski definition) is 5. The number of rotatable bonds is 3. The summed E-state index contributed by atoms with van der Waals surface area (Å²) in [4.78, 5) is 15.5. The van der Waals surface area contributed by atoms with Crippen LogP contribution in [0.3, 0.4) is 0 Å². The molecule has 0 spiro atoms. The van der Waals surface area contributed by atoms with E-state index in [9.17, 15) is 0 Å². The van der Waals surface area contributed by atoms with Gasteiger partial charge in [-0.15, -0.1) is 0 Å². The lowest BCUT2D eigenvalue weighted by molar-refractivity contribution is 0.668. The van der Waals surface area contributed by atoms with Gasteiger partial charge in [0.15, 0.2) is 17.5 Å². The molecule has 3 heterocycles. The second-order valence-corrected chi connectivity index (χ2v) is 11.6. The Morgan fingerprint density at radius 1 is 0.348 bits per heavy atom. The maximum Gasteiger partial charge on any atom is 0.164 e. The zero-order valence-corrected chi connectivity index (χ0v) is 24.4. The first-order valence-electron chi connectivity index (χ1n) is 15.3. The van der Waals surface area contributed by atoms with Crippen molar-refractivity contribution in [1.82, 2.24) is 15.0 Å². The van der Waals surface area contributed by atoms with Crippen LogP contribution in [0.5, 0.6) is 0 Å². The summed E-state index contributed by atoms with van der Waals surface area (Å²) in [5, 5.41) is 8.73. The van der Waals surface area contributed by atoms with E-state index in [-0.39, 0.29) is 0 Å². The fourth-order valence-corrected chi connectivity index (χ4v) is 6.81. The number of hydrogen-bond donors (Lipinski definition) is 0. The van der Waals surface area contributed by atoms with Gasteiger partial charge in [-0.3, -0.25) is 0 Å². The van der Waals surface area contributed by atoms with Crippen LogP contribution in [0.2, 0.25) is 0 Å². The highest BCUT2D eigenvalue weighted by molar-refractivity contribution is 6.13. The highest BCUT2D eigenvalue weighted by Crippen LogP contribution is 2.39. The number of fused-ring (bicyclic) bond motifs is 9. The van der Waals surface area contributed by atoms with Gasteiger partial charge in [0, 0.05) is 38.2 Å². The van der Waals surface area contributed by atoms with Gasteiger partial charge in [0.2, 0.25) is 0 Å². The zero-order valence-electron chi connectivity index (χ0n) is 24.4. The minimum absolute atomic E-state index is 0.583. The lowest BCUT2D eigenvalue weighted by atomic mass is 9.99. The van der Waals surface area contributed by atoms with Crippen LogP contribution < -0.4 is 0 Å². The summed E-state index contributed by atoms with van der Waals surface area (Å²) >= 11 is 0. The van der Waals surface area contributed by atoms with Crippen molar-refractivity contribution < 1.29 is 8.83 Å². The Kier molecular flexibility index (Phi) is 5.22. The monoisotopic (exact) mass is 589 g/mol. The van der Waals surface area contributed by atoms with Gasteiger partial charge < -0.3 is 8.83 Å². The lowest BCUT2D eigenvalue weighted by Gasteiger charge is -2.11. The summed E-state index contributed by atoms with van der Waals surface area (Å²) in [6.07, 6.45) is 0. The van der Waals surface area contributed by atoms with Gasteiger partial charge in [0.25, 0.3) is 0 Å². The Hall–Kier alpha value is -6.33. The molecule has 0 N–H and O–H groups in total. The Bertz CT molecular complexity index is 2700. The molecule has 0 amide bonds. The Labute approximate surface area is 262 Å². The van der Waals surface area contributed by atoms with E-state index in [1.165, 1.54) is 16.2 Å². The maximum atomic E-state index is 6.25. The Morgan fingerprint density at radius 2 is 0.826 bits per heavy atom. The van der Waals surface area contributed by atoms with E-state index in [0.717, 1.165) is 66.0 Å². The molecule has 5 heteroatoms. The van der Waals surface area contributed by atoms with Crippen LogP contribution in [-0.4, -0.2) is 15.0 Å². The van der Waals surface area contributed by atoms with E-state index in [2.05, 4.69) is 78.9 Å². The molecular weight excluding hydrogens is 566 g/mol. The molecule has 0 aliphatic heterocycles. The summed E-state index contributed by atoms with van der Waals surface area (Å²) in [6.45, 7) is 0. The van der Waals surface area contributed by atoms with E-state index >= 15 is 0 Å². The molecule has 5 nitrogen and oxygen atoms in total. The standard InChI is InChI=1S/C41H23N3O2/c1-2-10-27-24(9-1)19-20-25-21-22-26(23-32(25)27)39-42-40(30-13-7-17-35-37(30)28-11-3-5-15-33(28)45-35)44-41(43-39)31-14-8-18-36-38(31)29-12-4-6-16-34(29)46-36/h1-23H. The number of para-hydroxylation sites is 2. The minimum Gasteiger partial charge on any atom is -0.456 e. The van der Waals surface area contributed by atoms with Gasteiger partial charge in [-0.25, -0.2) is 15.0 Å². The fourth-order valence-electron chi connectivity index (χ4n) is 6.81. The van der Waals surface area contributed by atoms with Crippen LogP contribution in [0.4, 0.5) is 0 Å². The van der Waals surface area contributed by atoms with Gasteiger partial charge in [0.05, 0.1) is 0 Å². The molecule has 214 valence electrons. The van der Waals surface area contributed by atoms with Crippen molar-refractivity contribution in [1.29, 1.82) is 0 Å². The Morgan fingerprint density at radius 3 is 1.46 bits per heavy atom. The summed E-state index contributed by atoms with van der Waals surface area (Å²) in [5.41, 5.74) is 5.95. The molecule has 0 bridgehead atoms. The largest absolute Gasteiger partial charge is 0.456 e. The average Bonchev–Trinajstić information content (AvgIpc) is 3.70. The number of benzene rings is 7. The van der Waals surface area contributed by atoms with Crippen molar-refractivity contribution in [3.05, 3.63) is 140 Å². The number of aromatic nitrogens is 3. The third-order valence-corrected chi connectivity index (χ3v) is 8.93. The lowest BCUT2D eigenvalue weighted by Crippen LogP contribution is -2.00. The van der Waals surface area contributed by atoms with Crippen molar-refractivity contribution in [2.24, 2.45) is 0 Å². The first kappa shape index (κ1) is 25.0. The molecular formula is C41H23N3O2. The molecule has 10 aromatic rings. The van der Waals surface area contributed by atoms with Crippen molar-refractivity contribution >= 4 is 65.4 Å². The molecule has 0 aliphatic carbocycles. The molecule has 3 aromatic heterocycles. The highest BCUT2D eigenvalue weighted by atomic mass is 16.3.